The number of methoxy groups -OCH3 is 1. The maximum absolute atomic E-state index is 13.5. The highest BCUT2D eigenvalue weighted by Gasteiger charge is 2.27. The van der Waals surface area contributed by atoms with Gasteiger partial charge in [0.1, 0.15) is 5.82 Å². The molecule has 1 N–H and O–H groups in total. The van der Waals surface area contributed by atoms with Crippen molar-refractivity contribution in [3.63, 3.8) is 0 Å². The second-order valence-electron chi connectivity index (χ2n) is 9.10. The summed E-state index contributed by atoms with van der Waals surface area (Å²) in [6, 6.07) is 10.3. The van der Waals surface area contributed by atoms with Crippen LogP contribution in [0.5, 0.6) is 0 Å². The van der Waals surface area contributed by atoms with Crippen LogP contribution < -0.4 is 20.4 Å². The molecule has 35 heavy (non-hydrogen) atoms. The van der Waals surface area contributed by atoms with Gasteiger partial charge in [0.15, 0.2) is 5.58 Å². The Hall–Kier alpha value is -2.74. The number of piperidine rings is 1. The molecule has 0 bridgehead atoms. The third-order valence-corrected chi connectivity index (χ3v) is 7.88. The molecule has 10 heteroatoms. The standard InChI is InChI=1S/C25H32N5O4P/c1-32-18-7-9-29(10-8-18)23-20(24(31)26-17-5-4-6-19(15-17)35(2)3)16-21-22(27-23)28-25(34-21)30-11-13-33-14-12-30/h4-6,15-16,18H,7-14H2,1-3H3,(H,26,31). The van der Waals surface area contributed by atoms with Crippen LogP contribution in [-0.4, -0.2) is 81.8 Å². The van der Waals surface area contributed by atoms with E-state index in [1.807, 2.05) is 23.1 Å². The molecule has 0 unspecified atom stereocenters. The number of amides is 1. The molecule has 0 radical (unpaired) electrons. The molecule has 2 aromatic heterocycles. The first kappa shape index (κ1) is 24.0. The minimum absolute atomic E-state index is 0.207. The molecule has 2 fully saturated rings. The molecular formula is C25H32N5O4P. The summed E-state index contributed by atoms with van der Waals surface area (Å²) < 4.78 is 17.0. The molecule has 9 nitrogen and oxygen atoms in total. The van der Waals surface area contributed by atoms with E-state index in [9.17, 15) is 4.79 Å². The second kappa shape index (κ2) is 10.5. The molecule has 2 aliphatic heterocycles. The number of anilines is 3. The third-order valence-electron chi connectivity index (χ3n) is 6.57. The van der Waals surface area contributed by atoms with Crippen LogP contribution in [0.4, 0.5) is 17.5 Å². The van der Waals surface area contributed by atoms with Crippen LogP contribution in [0.25, 0.3) is 11.2 Å². The topological polar surface area (TPSA) is 93.0 Å². The molecule has 0 spiro atoms. The van der Waals surface area contributed by atoms with E-state index in [-0.39, 0.29) is 19.9 Å². The summed E-state index contributed by atoms with van der Waals surface area (Å²) in [7, 11) is 1.49. The fraction of sp³-hybridized carbons (Fsp3) is 0.480. The number of nitrogens with one attached hydrogen (secondary N) is 1. The summed E-state index contributed by atoms with van der Waals surface area (Å²) in [4.78, 5) is 27.2. The lowest BCUT2D eigenvalue weighted by atomic mass is 10.1. The lowest BCUT2D eigenvalue weighted by Gasteiger charge is -2.32. The molecule has 3 aromatic rings. The summed E-state index contributed by atoms with van der Waals surface area (Å²) in [5.74, 6) is 0.428. The molecular weight excluding hydrogens is 465 g/mol. The summed E-state index contributed by atoms with van der Waals surface area (Å²) >= 11 is 0. The highest BCUT2D eigenvalue weighted by molar-refractivity contribution is 7.64. The molecule has 4 heterocycles. The predicted molar refractivity (Wildman–Crippen MR) is 140 cm³/mol. The van der Waals surface area contributed by atoms with Crippen molar-refractivity contribution in [2.75, 3.05) is 74.9 Å². The van der Waals surface area contributed by atoms with E-state index in [0.29, 0.717) is 54.9 Å². The first-order valence-electron chi connectivity index (χ1n) is 12.0. The van der Waals surface area contributed by atoms with Crippen molar-refractivity contribution in [2.24, 2.45) is 0 Å². The number of ether oxygens (including phenoxy) is 2. The first-order valence-corrected chi connectivity index (χ1v) is 14.3. The number of rotatable bonds is 6. The van der Waals surface area contributed by atoms with Gasteiger partial charge in [-0.05, 0) is 43.6 Å². The zero-order valence-electron chi connectivity index (χ0n) is 20.5. The van der Waals surface area contributed by atoms with Gasteiger partial charge in [0.2, 0.25) is 5.65 Å². The Labute approximate surface area is 206 Å². The number of nitrogens with zero attached hydrogens (tertiary/aromatic N) is 4. The van der Waals surface area contributed by atoms with Crippen molar-refractivity contribution >= 4 is 47.9 Å². The van der Waals surface area contributed by atoms with E-state index in [1.165, 1.54) is 5.30 Å². The Morgan fingerprint density at radius 1 is 1.09 bits per heavy atom. The summed E-state index contributed by atoms with van der Waals surface area (Å²) in [5.41, 5.74) is 2.28. The molecule has 1 amide bonds. The van der Waals surface area contributed by atoms with Crippen molar-refractivity contribution < 1.29 is 18.7 Å². The quantitative estimate of drug-likeness (QED) is 0.519. The van der Waals surface area contributed by atoms with Crippen LogP contribution in [-0.2, 0) is 9.47 Å². The number of benzene rings is 1. The molecule has 0 atom stereocenters. The SMILES string of the molecule is COC1CCN(c2nc3nc(N4CCOCC4)oc3cc2C(=O)Nc2cccc(P(C)C)c2)CC1. The van der Waals surface area contributed by atoms with Crippen LogP contribution in [0.1, 0.15) is 23.2 Å². The largest absolute Gasteiger partial charge is 0.422 e. The second-order valence-corrected chi connectivity index (χ2v) is 11.4. The number of hydrogen-bond acceptors (Lipinski definition) is 8. The Bertz CT molecular complexity index is 1190. The number of hydrogen-bond donors (Lipinski definition) is 1. The first-order chi connectivity index (χ1) is 17.0. The molecule has 186 valence electrons. The predicted octanol–water partition coefficient (Wildman–Crippen LogP) is 3.29. The van der Waals surface area contributed by atoms with Crippen LogP contribution >= 0.6 is 7.92 Å². The van der Waals surface area contributed by atoms with Gasteiger partial charge < -0.3 is 29.0 Å². The highest BCUT2D eigenvalue weighted by Crippen LogP contribution is 2.30. The maximum atomic E-state index is 13.5. The van der Waals surface area contributed by atoms with Gasteiger partial charge in [0, 0.05) is 45.0 Å². The van der Waals surface area contributed by atoms with Gasteiger partial charge >= 0.3 is 0 Å². The third kappa shape index (κ3) is 5.27. The Morgan fingerprint density at radius 2 is 1.86 bits per heavy atom. The van der Waals surface area contributed by atoms with E-state index in [4.69, 9.17) is 18.9 Å². The molecule has 5 rings (SSSR count). The minimum Gasteiger partial charge on any atom is -0.422 e. The summed E-state index contributed by atoms with van der Waals surface area (Å²) in [5, 5.41) is 4.31. The minimum atomic E-state index is -0.262. The summed E-state index contributed by atoms with van der Waals surface area (Å²) in [6.45, 7) is 8.62. The van der Waals surface area contributed by atoms with Crippen molar-refractivity contribution in [1.82, 2.24) is 9.97 Å². The van der Waals surface area contributed by atoms with Crippen LogP contribution in [0.3, 0.4) is 0 Å². The number of oxazole rings is 1. The monoisotopic (exact) mass is 497 g/mol. The van der Waals surface area contributed by atoms with Crippen molar-refractivity contribution in [1.29, 1.82) is 0 Å². The average molecular weight is 498 g/mol. The Balaban J connectivity index is 1.49. The highest BCUT2D eigenvalue weighted by atomic mass is 31.1. The lowest BCUT2D eigenvalue weighted by molar-refractivity contribution is 0.0817. The van der Waals surface area contributed by atoms with E-state index >= 15 is 0 Å². The molecule has 0 saturated carbocycles. The number of aromatic nitrogens is 2. The number of morpholine rings is 1. The van der Waals surface area contributed by atoms with Gasteiger partial charge in [0.05, 0.1) is 24.9 Å². The zero-order chi connectivity index (χ0) is 24.4. The van der Waals surface area contributed by atoms with Crippen molar-refractivity contribution in [3.05, 3.63) is 35.9 Å². The average Bonchev–Trinajstić information content (AvgIpc) is 3.32. The Kier molecular flexibility index (Phi) is 7.18. The fourth-order valence-electron chi connectivity index (χ4n) is 4.50. The normalized spacial score (nSPS) is 17.4. The zero-order valence-corrected chi connectivity index (χ0v) is 21.4. The van der Waals surface area contributed by atoms with E-state index in [2.05, 4.69) is 34.6 Å². The van der Waals surface area contributed by atoms with Gasteiger partial charge in [-0.1, -0.05) is 20.1 Å². The van der Waals surface area contributed by atoms with Crippen molar-refractivity contribution in [3.8, 4) is 0 Å². The van der Waals surface area contributed by atoms with Gasteiger partial charge in [0.25, 0.3) is 11.9 Å². The number of carbonyl (C=O) groups excluding carboxylic acids is 1. The van der Waals surface area contributed by atoms with Gasteiger partial charge in [-0.15, -0.1) is 0 Å². The van der Waals surface area contributed by atoms with Gasteiger partial charge in [-0.2, -0.15) is 4.98 Å². The number of fused-ring (bicyclic) bond motifs is 1. The van der Waals surface area contributed by atoms with Crippen molar-refractivity contribution in [2.45, 2.75) is 18.9 Å². The van der Waals surface area contributed by atoms with Crippen LogP contribution in [0.2, 0.25) is 0 Å². The fourth-order valence-corrected chi connectivity index (χ4v) is 5.29. The maximum Gasteiger partial charge on any atom is 0.300 e. The van der Waals surface area contributed by atoms with E-state index in [1.54, 1.807) is 13.2 Å². The molecule has 1 aromatic carbocycles. The molecule has 2 saturated heterocycles. The lowest BCUT2D eigenvalue weighted by Crippen LogP contribution is -2.38. The van der Waals surface area contributed by atoms with Crippen LogP contribution in [0.15, 0.2) is 34.7 Å². The van der Waals surface area contributed by atoms with Gasteiger partial charge in [-0.25, -0.2) is 4.98 Å². The van der Waals surface area contributed by atoms with Gasteiger partial charge in [-0.3, -0.25) is 4.79 Å². The Morgan fingerprint density at radius 3 is 2.57 bits per heavy atom. The van der Waals surface area contributed by atoms with E-state index < -0.39 is 0 Å². The number of carbonyl (C=O) groups is 1. The van der Waals surface area contributed by atoms with Crippen LogP contribution in [0, 0.1) is 0 Å². The smallest absolute Gasteiger partial charge is 0.300 e. The summed E-state index contributed by atoms with van der Waals surface area (Å²) in [6.07, 6.45) is 1.99. The molecule has 2 aliphatic rings. The molecule has 0 aliphatic carbocycles. The number of pyridine rings is 1. The van der Waals surface area contributed by atoms with E-state index in [0.717, 1.165) is 31.6 Å².